The molecule has 3 N–H and O–H groups in total. The zero-order valence-corrected chi connectivity index (χ0v) is 16.8. The van der Waals surface area contributed by atoms with Gasteiger partial charge in [0, 0.05) is 31.1 Å². The van der Waals surface area contributed by atoms with Gasteiger partial charge in [-0.25, -0.2) is 0 Å². The smallest absolute Gasteiger partial charge is 0.191 e. The fraction of sp³-hybridized carbons (Fsp3) is 0.550. The second-order valence-corrected chi connectivity index (χ2v) is 7.30. The molecule has 0 spiro atoms. The summed E-state index contributed by atoms with van der Waals surface area (Å²) in [6, 6.07) is 7.97. The Morgan fingerprint density at radius 1 is 1.27 bits per heavy atom. The highest BCUT2D eigenvalue weighted by Crippen LogP contribution is 2.31. The van der Waals surface area contributed by atoms with Crippen LogP contribution in [0.3, 0.4) is 0 Å². The minimum atomic E-state index is -0.0151. The third-order valence-electron chi connectivity index (χ3n) is 3.90. The van der Waals surface area contributed by atoms with E-state index in [0.717, 1.165) is 41.5 Å². The molecule has 144 valence electrons. The lowest BCUT2D eigenvalue weighted by Gasteiger charge is -2.21. The van der Waals surface area contributed by atoms with Crippen molar-refractivity contribution < 1.29 is 9.15 Å². The van der Waals surface area contributed by atoms with E-state index < -0.39 is 0 Å². The van der Waals surface area contributed by atoms with E-state index in [1.807, 2.05) is 31.2 Å². The van der Waals surface area contributed by atoms with E-state index in [2.05, 4.69) is 48.6 Å². The standard InChI is InChI=1S/C20H32N4O2/c1-7-25-16-10-8-9-15-13-17(26-18(15)16)14(2)24-19(21-6)22-11-12-23-20(3,4)5/h8-10,13-14,23H,7,11-12H2,1-6H3,(H2,21,22,24). The summed E-state index contributed by atoms with van der Waals surface area (Å²) in [5, 5.41) is 11.2. The molecule has 26 heavy (non-hydrogen) atoms. The summed E-state index contributed by atoms with van der Waals surface area (Å²) in [5.41, 5.74) is 0.897. The average molecular weight is 361 g/mol. The second-order valence-electron chi connectivity index (χ2n) is 7.30. The highest BCUT2D eigenvalue weighted by Gasteiger charge is 2.15. The van der Waals surface area contributed by atoms with Gasteiger partial charge in [-0.2, -0.15) is 0 Å². The maximum Gasteiger partial charge on any atom is 0.191 e. The molecule has 0 radical (unpaired) electrons. The van der Waals surface area contributed by atoms with Gasteiger partial charge in [-0.15, -0.1) is 0 Å². The molecule has 6 heteroatoms. The Kier molecular flexibility index (Phi) is 6.91. The fourth-order valence-electron chi connectivity index (χ4n) is 2.63. The summed E-state index contributed by atoms with van der Waals surface area (Å²) >= 11 is 0. The monoisotopic (exact) mass is 360 g/mol. The van der Waals surface area contributed by atoms with Crippen molar-refractivity contribution in [1.29, 1.82) is 0 Å². The number of benzene rings is 1. The van der Waals surface area contributed by atoms with Crippen molar-refractivity contribution in [1.82, 2.24) is 16.0 Å². The molecule has 2 aromatic rings. The minimum absolute atomic E-state index is 0.0151. The molecule has 1 aromatic heterocycles. The molecule has 0 aliphatic rings. The molecular weight excluding hydrogens is 328 g/mol. The lowest BCUT2D eigenvalue weighted by atomic mass is 10.1. The first-order valence-electron chi connectivity index (χ1n) is 9.21. The van der Waals surface area contributed by atoms with Crippen LogP contribution in [-0.4, -0.2) is 38.2 Å². The molecule has 1 atom stereocenters. The Balaban J connectivity index is 1.98. The maximum absolute atomic E-state index is 6.05. The first-order valence-corrected chi connectivity index (χ1v) is 9.21. The van der Waals surface area contributed by atoms with Crippen LogP contribution in [-0.2, 0) is 0 Å². The summed E-state index contributed by atoms with van der Waals surface area (Å²) in [7, 11) is 1.77. The number of guanidine groups is 1. The first-order chi connectivity index (χ1) is 12.3. The van der Waals surface area contributed by atoms with Gasteiger partial charge in [-0.3, -0.25) is 4.99 Å². The number of nitrogens with one attached hydrogen (secondary N) is 3. The van der Waals surface area contributed by atoms with Crippen LogP contribution >= 0.6 is 0 Å². The van der Waals surface area contributed by atoms with Crippen LogP contribution in [0.1, 0.15) is 46.4 Å². The number of aliphatic imine (C=N–C) groups is 1. The number of para-hydroxylation sites is 1. The molecule has 0 aliphatic heterocycles. The van der Waals surface area contributed by atoms with E-state index in [9.17, 15) is 0 Å². The molecule has 0 amide bonds. The molecule has 0 fully saturated rings. The summed E-state index contributed by atoms with van der Waals surface area (Å²) < 4.78 is 11.7. The zero-order chi connectivity index (χ0) is 19.2. The highest BCUT2D eigenvalue weighted by atomic mass is 16.5. The number of fused-ring (bicyclic) bond motifs is 1. The quantitative estimate of drug-likeness (QED) is 0.401. The van der Waals surface area contributed by atoms with Crippen molar-refractivity contribution in [2.24, 2.45) is 4.99 Å². The van der Waals surface area contributed by atoms with Crippen molar-refractivity contribution in [3.05, 3.63) is 30.0 Å². The number of ether oxygens (including phenoxy) is 1. The van der Waals surface area contributed by atoms with E-state index in [4.69, 9.17) is 9.15 Å². The molecule has 6 nitrogen and oxygen atoms in total. The lowest BCUT2D eigenvalue weighted by Crippen LogP contribution is -2.44. The normalized spacial score (nSPS) is 13.7. The maximum atomic E-state index is 6.05. The Morgan fingerprint density at radius 2 is 2.04 bits per heavy atom. The van der Waals surface area contributed by atoms with Crippen molar-refractivity contribution in [2.75, 3.05) is 26.7 Å². The fourth-order valence-corrected chi connectivity index (χ4v) is 2.63. The third-order valence-corrected chi connectivity index (χ3v) is 3.90. The van der Waals surface area contributed by atoms with Gasteiger partial charge in [0.1, 0.15) is 5.76 Å². The SMILES string of the molecule is CCOc1cccc2cc(C(C)NC(=NC)NCCNC(C)(C)C)oc12. The van der Waals surface area contributed by atoms with Crippen molar-refractivity contribution in [3.8, 4) is 5.75 Å². The predicted octanol–water partition coefficient (Wildman–Crippen LogP) is 3.45. The summed E-state index contributed by atoms with van der Waals surface area (Å²) in [5.74, 6) is 2.38. The lowest BCUT2D eigenvalue weighted by molar-refractivity contribution is 0.336. The van der Waals surface area contributed by atoms with Crippen LogP contribution in [0.2, 0.25) is 0 Å². The Labute approximate surface area is 156 Å². The van der Waals surface area contributed by atoms with Crippen molar-refractivity contribution in [3.63, 3.8) is 0 Å². The van der Waals surface area contributed by atoms with Crippen LogP contribution in [0.25, 0.3) is 11.0 Å². The van der Waals surface area contributed by atoms with Crippen LogP contribution in [0, 0.1) is 0 Å². The molecular formula is C20H32N4O2. The minimum Gasteiger partial charge on any atom is -0.490 e. The molecule has 1 heterocycles. The number of nitrogens with zero attached hydrogens (tertiary/aromatic N) is 1. The van der Waals surface area contributed by atoms with Crippen molar-refractivity contribution in [2.45, 2.75) is 46.2 Å². The Hall–Kier alpha value is -2.21. The van der Waals surface area contributed by atoms with E-state index >= 15 is 0 Å². The Bertz CT molecular complexity index is 731. The van der Waals surface area contributed by atoms with Gasteiger partial charge in [0.25, 0.3) is 0 Å². The first kappa shape index (κ1) is 20.1. The molecule has 2 rings (SSSR count). The van der Waals surface area contributed by atoms with E-state index in [-0.39, 0.29) is 11.6 Å². The van der Waals surface area contributed by atoms with Gasteiger partial charge in [-0.05, 0) is 46.8 Å². The third kappa shape index (κ3) is 5.66. The molecule has 1 aromatic carbocycles. The number of rotatable bonds is 7. The molecule has 0 saturated carbocycles. The van der Waals surface area contributed by atoms with Crippen molar-refractivity contribution >= 4 is 16.9 Å². The molecule has 0 bridgehead atoms. The summed E-state index contributed by atoms with van der Waals surface area (Å²) in [6.07, 6.45) is 0. The second kappa shape index (κ2) is 8.94. The molecule has 0 saturated heterocycles. The van der Waals surface area contributed by atoms with E-state index in [0.29, 0.717) is 6.61 Å². The van der Waals surface area contributed by atoms with Gasteiger partial charge in [0.15, 0.2) is 17.3 Å². The number of hydrogen-bond donors (Lipinski definition) is 3. The molecule has 1 unspecified atom stereocenters. The predicted molar refractivity (Wildman–Crippen MR) is 108 cm³/mol. The Morgan fingerprint density at radius 3 is 2.69 bits per heavy atom. The number of hydrogen-bond acceptors (Lipinski definition) is 4. The summed E-state index contributed by atoms with van der Waals surface area (Å²) in [6.45, 7) is 12.7. The van der Waals surface area contributed by atoms with Gasteiger partial charge in [0.05, 0.1) is 12.6 Å². The van der Waals surface area contributed by atoms with Crippen LogP contribution < -0.4 is 20.7 Å². The summed E-state index contributed by atoms with van der Waals surface area (Å²) in [4.78, 5) is 4.29. The largest absolute Gasteiger partial charge is 0.490 e. The molecule has 0 aliphatic carbocycles. The topological polar surface area (TPSA) is 70.8 Å². The van der Waals surface area contributed by atoms with E-state index in [1.54, 1.807) is 7.05 Å². The van der Waals surface area contributed by atoms with Gasteiger partial charge >= 0.3 is 0 Å². The van der Waals surface area contributed by atoms with Crippen LogP contribution in [0.4, 0.5) is 0 Å². The van der Waals surface area contributed by atoms with Gasteiger partial charge < -0.3 is 25.1 Å². The van der Waals surface area contributed by atoms with Crippen LogP contribution in [0.15, 0.2) is 33.7 Å². The van der Waals surface area contributed by atoms with Gasteiger partial charge in [-0.1, -0.05) is 12.1 Å². The van der Waals surface area contributed by atoms with Gasteiger partial charge in [0.2, 0.25) is 0 Å². The zero-order valence-electron chi connectivity index (χ0n) is 16.8. The number of furan rings is 1. The van der Waals surface area contributed by atoms with E-state index in [1.165, 1.54) is 0 Å². The van der Waals surface area contributed by atoms with Crippen LogP contribution in [0.5, 0.6) is 5.75 Å². The highest BCUT2D eigenvalue weighted by molar-refractivity contribution is 5.84. The average Bonchev–Trinajstić information content (AvgIpc) is 3.02.